The van der Waals surface area contributed by atoms with Crippen LogP contribution in [0.5, 0.6) is 0 Å². The van der Waals surface area contributed by atoms with Crippen molar-refractivity contribution in [3.8, 4) is 0 Å². The van der Waals surface area contributed by atoms with Crippen molar-refractivity contribution >= 4 is 8.07 Å². The molecule has 2 aliphatic rings. The van der Waals surface area contributed by atoms with E-state index in [4.69, 9.17) is 0 Å². The number of allylic oxidation sites excluding steroid dienone is 4. The average Bonchev–Trinajstić information content (AvgIpc) is 2.42. The summed E-state index contributed by atoms with van der Waals surface area (Å²) in [5, 5.41) is 0. The molecule has 0 nitrogen and oxygen atoms in total. The Labute approximate surface area is 116 Å². The maximum absolute atomic E-state index is 3.73. The van der Waals surface area contributed by atoms with E-state index >= 15 is 0 Å². The molecule has 1 atom stereocenters. The Morgan fingerprint density at radius 2 is 1.81 bits per heavy atom. The smallest absolute Gasteiger partial charge is 0.0467 e. The summed E-state index contributed by atoms with van der Waals surface area (Å²) in [7, 11) is -0.955. The van der Waals surface area contributed by atoms with E-state index in [2.05, 4.69) is 32.6 Å². The van der Waals surface area contributed by atoms with Gasteiger partial charge in [-0.25, -0.2) is 17.2 Å². The van der Waals surface area contributed by atoms with Crippen molar-refractivity contribution in [3.63, 3.8) is 0 Å². The zero-order chi connectivity index (χ0) is 11.1. The van der Waals surface area contributed by atoms with Gasteiger partial charge in [0.25, 0.3) is 0 Å². The summed E-state index contributed by atoms with van der Waals surface area (Å²) in [4.78, 5) is 0. The van der Waals surface area contributed by atoms with Gasteiger partial charge in [-0.3, -0.25) is 0 Å². The predicted octanol–water partition coefficient (Wildman–Crippen LogP) is 4.57. The van der Waals surface area contributed by atoms with Crippen LogP contribution in [0.3, 0.4) is 0 Å². The molecule has 0 aliphatic heterocycles. The summed E-state index contributed by atoms with van der Waals surface area (Å²) < 4.78 is 0. The minimum atomic E-state index is -0.955. The van der Waals surface area contributed by atoms with Crippen molar-refractivity contribution in [2.45, 2.75) is 58.3 Å². The van der Waals surface area contributed by atoms with Crippen molar-refractivity contribution in [2.24, 2.45) is 5.92 Å². The second kappa shape index (κ2) is 5.37. The molecular formula is C14H23SiTi-. The fourth-order valence-corrected chi connectivity index (χ4v) is 4.37. The first kappa shape index (κ1) is 14.5. The summed E-state index contributed by atoms with van der Waals surface area (Å²) in [6.07, 6.45) is 9.17. The van der Waals surface area contributed by atoms with Crippen LogP contribution in [0.2, 0.25) is 25.7 Å². The first-order valence-electron chi connectivity index (χ1n) is 6.32. The third-order valence-corrected chi connectivity index (χ3v) is 5.03. The van der Waals surface area contributed by atoms with Gasteiger partial charge in [0.2, 0.25) is 0 Å². The molecule has 88 valence electrons. The van der Waals surface area contributed by atoms with Crippen molar-refractivity contribution in [3.05, 3.63) is 22.8 Å². The molecule has 0 spiro atoms. The van der Waals surface area contributed by atoms with Crippen LogP contribution in [-0.2, 0) is 21.7 Å². The zero-order valence-corrected chi connectivity index (χ0v) is 13.7. The predicted molar refractivity (Wildman–Crippen MR) is 69.6 cm³/mol. The van der Waals surface area contributed by atoms with Crippen molar-refractivity contribution in [1.82, 2.24) is 0 Å². The largest absolute Gasteiger partial charge is 0.249 e. The molecule has 16 heavy (non-hydrogen) atoms. The Morgan fingerprint density at radius 3 is 2.38 bits per heavy atom. The van der Waals surface area contributed by atoms with E-state index in [9.17, 15) is 0 Å². The van der Waals surface area contributed by atoms with Gasteiger partial charge in [-0.05, 0) is 0 Å². The molecule has 0 amide bonds. The van der Waals surface area contributed by atoms with Gasteiger partial charge in [-0.15, -0.1) is 0 Å². The average molecular weight is 267 g/mol. The second-order valence-electron chi connectivity index (χ2n) is 6.32. The molecule has 0 aromatic rings. The topological polar surface area (TPSA) is 0 Å². The van der Waals surface area contributed by atoms with Gasteiger partial charge in [0.1, 0.15) is 0 Å². The van der Waals surface area contributed by atoms with Crippen LogP contribution < -0.4 is 0 Å². The molecule has 0 aromatic carbocycles. The molecule has 2 aliphatic carbocycles. The van der Waals surface area contributed by atoms with Gasteiger partial charge in [0, 0.05) is 29.8 Å². The van der Waals surface area contributed by atoms with Gasteiger partial charge in [0.05, 0.1) is 0 Å². The molecule has 0 saturated carbocycles. The van der Waals surface area contributed by atoms with Crippen LogP contribution in [0.25, 0.3) is 0 Å². The van der Waals surface area contributed by atoms with E-state index in [1.807, 2.05) is 0 Å². The van der Waals surface area contributed by atoms with Crippen LogP contribution in [0, 0.1) is 12.0 Å². The Bertz CT molecular complexity index is 320. The van der Waals surface area contributed by atoms with E-state index in [0.717, 1.165) is 5.92 Å². The molecule has 0 radical (unpaired) electrons. The molecular weight excluding hydrogens is 244 g/mol. The quantitative estimate of drug-likeness (QED) is 0.508. The molecule has 1 unspecified atom stereocenters. The molecule has 0 N–H and O–H groups in total. The summed E-state index contributed by atoms with van der Waals surface area (Å²) in [5.74, 6) is 0.729. The Hall–Kier alpha value is 0.411. The van der Waals surface area contributed by atoms with Crippen LogP contribution in [0.15, 0.2) is 16.7 Å². The van der Waals surface area contributed by atoms with E-state index < -0.39 is 8.07 Å². The van der Waals surface area contributed by atoms with E-state index in [1.54, 1.807) is 16.7 Å². The summed E-state index contributed by atoms with van der Waals surface area (Å²) in [5.41, 5.74) is 4.94. The summed E-state index contributed by atoms with van der Waals surface area (Å²) in [6.45, 7) is 9.79. The minimum absolute atomic E-state index is 0. The van der Waals surface area contributed by atoms with E-state index in [0.29, 0.717) is 0 Å². The number of rotatable bonds is 2. The Kier molecular flexibility index (Phi) is 4.86. The Morgan fingerprint density at radius 1 is 1.19 bits per heavy atom. The fourth-order valence-electron chi connectivity index (χ4n) is 2.83. The van der Waals surface area contributed by atoms with Crippen LogP contribution in [0.1, 0.15) is 32.6 Å². The van der Waals surface area contributed by atoms with Gasteiger partial charge in [-0.2, -0.15) is 5.57 Å². The van der Waals surface area contributed by atoms with Crippen molar-refractivity contribution in [2.75, 3.05) is 0 Å². The molecule has 2 rings (SSSR count). The summed E-state index contributed by atoms with van der Waals surface area (Å²) >= 11 is 0. The molecule has 0 saturated heterocycles. The van der Waals surface area contributed by atoms with Gasteiger partial charge in [-0.1, -0.05) is 64.2 Å². The van der Waals surface area contributed by atoms with Crippen LogP contribution in [0.4, 0.5) is 0 Å². The van der Waals surface area contributed by atoms with Gasteiger partial charge < -0.3 is 0 Å². The van der Waals surface area contributed by atoms with Crippen LogP contribution >= 0.6 is 0 Å². The molecule has 0 heterocycles. The monoisotopic (exact) mass is 267 g/mol. The molecule has 0 fully saturated rings. The third kappa shape index (κ3) is 3.21. The molecule has 0 aromatic heterocycles. The number of hydrogen-bond acceptors (Lipinski definition) is 0. The van der Waals surface area contributed by atoms with E-state index in [1.165, 1.54) is 31.7 Å². The van der Waals surface area contributed by atoms with Gasteiger partial charge in [0.15, 0.2) is 0 Å². The maximum atomic E-state index is 3.73. The summed E-state index contributed by atoms with van der Waals surface area (Å²) in [6, 6.07) is 1.35. The Balaban J connectivity index is 0.00000128. The molecule has 2 heteroatoms. The van der Waals surface area contributed by atoms with Crippen molar-refractivity contribution < 1.29 is 21.7 Å². The second-order valence-corrected chi connectivity index (χ2v) is 11.8. The van der Waals surface area contributed by atoms with Gasteiger partial charge >= 0.3 is 0 Å². The normalized spacial score (nSPS) is 25.0. The molecule has 0 bridgehead atoms. The minimum Gasteiger partial charge on any atom is -0.249 e. The first-order chi connectivity index (χ1) is 6.97. The first-order valence-corrected chi connectivity index (χ1v) is 10.0. The fraction of sp³-hybridized carbons (Fsp3) is 0.714. The zero-order valence-electron chi connectivity index (χ0n) is 11.1. The maximum Gasteiger partial charge on any atom is 0.0467 e. The van der Waals surface area contributed by atoms with E-state index in [-0.39, 0.29) is 21.7 Å². The third-order valence-electron chi connectivity index (χ3n) is 3.59. The number of hydrogen-bond donors (Lipinski definition) is 0. The van der Waals surface area contributed by atoms with Crippen LogP contribution in [-0.4, -0.2) is 8.07 Å². The standard InChI is InChI=1S/C14H23Si.Ti/c1-11-13(10-15(2,3)4)9-12-7-5-6-8-14(11)12;/h11H,5-8,10H2,1-4H3;/q-1;. The SMILES string of the molecule is CC1C(C[Si](C)(C)C)=[C-]C2=C1CCCC2.[Ti]. The van der Waals surface area contributed by atoms with Crippen molar-refractivity contribution in [1.29, 1.82) is 0 Å².